The number of aryl methyl sites for hydroxylation is 2. The van der Waals surface area contributed by atoms with E-state index in [4.69, 9.17) is 9.47 Å². The summed E-state index contributed by atoms with van der Waals surface area (Å²) in [7, 11) is 2.39. The first-order valence-corrected chi connectivity index (χ1v) is 9.24. The summed E-state index contributed by atoms with van der Waals surface area (Å²) in [6, 6.07) is 6.47. The summed E-state index contributed by atoms with van der Waals surface area (Å²) in [6.07, 6.45) is 6.13. The minimum atomic E-state index is -1.17. The number of aromatic nitrogens is 2. The number of rotatable bonds is 5. The Morgan fingerprint density at radius 2 is 1.71 bits per heavy atom. The molecular formula is C22H21N3O6. The van der Waals surface area contributed by atoms with E-state index in [9.17, 15) is 19.5 Å². The van der Waals surface area contributed by atoms with E-state index < -0.39 is 17.9 Å². The number of hydrogen-bond donors (Lipinski definition) is 1. The molecule has 1 aliphatic heterocycles. The third kappa shape index (κ3) is 4.11. The molecule has 0 spiro atoms. The standard InChI is InChI=1S/C22H21N3O6/c1-13-11-14(2)25(23-13)18-9-8-15(12-17(18)20(26)27)24-10-6-5-7-16(21(28)30-3)19(24)22(29)31-4/h5-12H,1-4H3,(H,26,27). The summed E-state index contributed by atoms with van der Waals surface area (Å²) < 4.78 is 11.2. The molecule has 160 valence electrons. The van der Waals surface area contributed by atoms with E-state index in [1.165, 1.54) is 37.5 Å². The number of carboxylic acid groups (broad SMARTS) is 1. The predicted molar refractivity (Wildman–Crippen MR) is 112 cm³/mol. The lowest BCUT2D eigenvalue weighted by atomic mass is 10.1. The Labute approximate surface area is 178 Å². The van der Waals surface area contributed by atoms with Crippen LogP contribution in [0.2, 0.25) is 0 Å². The summed E-state index contributed by atoms with van der Waals surface area (Å²) in [5.74, 6) is -2.68. The quantitative estimate of drug-likeness (QED) is 0.731. The first-order chi connectivity index (χ1) is 14.8. The summed E-state index contributed by atoms with van der Waals surface area (Å²) in [4.78, 5) is 38.3. The van der Waals surface area contributed by atoms with Crippen molar-refractivity contribution in [2.75, 3.05) is 19.1 Å². The highest BCUT2D eigenvalue weighted by molar-refractivity contribution is 6.05. The Bertz CT molecular complexity index is 1160. The zero-order chi connectivity index (χ0) is 22.7. The van der Waals surface area contributed by atoms with Crippen molar-refractivity contribution in [2.45, 2.75) is 13.8 Å². The summed E-state index contributed by atoms with van der Waals surface area (Å²) >= 11 is 0. The molecule has 31 heavy (non-hydrogen) atoms. The molecular weight excluding hydrogens is 402 g/mol. The van der Waals surface area contributed by atoms with Gasteiger partial charge in [-0.25, -0.2) is 19.1 Å². The zero-order valence-corrected chi connectivity index (χ0v) is 17.4. The van der Waals surface area contributed by atoms with Crippen LogP contribution in [0.3, 0.4) is 0 Å². The van der Waals surface area contributed by atoms with E-state index in [2.05, 4.69) is 5.10 Å². The first kappa shape index (κ1) is 21.6. The van der Waals surface area contributed by atoms with E-state index in [-0.39, 0.29) is 16.8 Å². The fraction of sp³-hybridized carbons (Fsp3) is 0.182. The minimum absolute atomic E-state index is 0.0288. The largest absolute Gasteiger partial charge is 0.478 e. The molecule has 0 amide bonds. The SMILES string of the molecule is COC(=O)C1=C(C(=O)OC)N(c2ccc(-n3nc(C)cc3C)c(C(=O)O)c2)C=CC=C1. The third-order valence-corrected chi connectivity index (χ3v) is 4.62. The minimum Gasteiger partial charge on any atom is -0.478 e. The van der Waals surface area contributed by atoms with Crippen LogP contribution in [0.25, 0.3) is 5.69 Å². The Kier molecular flexibility index (Phi) is 6.05. The average Bonchev–Trinajstić information content (AvgIpc) is 2.96. The van der Waals surface area contributed by atoms with Gasteiger partial charge in [0.1, 0.15) is 5.70 Å². The highest BCUT2D eigenvalue weighted by atomic mass is 16.5. The number of nitrogens with zero attached hydrogens (tertiary/aromatic N) is 3. The molecule has 1 N–H and O–H groups in total. The number of benzene rings is 1. The summed E-state index contributed by atoms with van der Waals surface area (Å²) in [5, 5.41) is 14.2. The number of anilines is 1. The second kappa shape index (κ2) is 8.70. The Balaban J connectivity index is 2.21. The molecule has 3 rings (SSSR count). The van der Waals surface area contributed by atoms with Gasteiger partial charge in [0.2, 0.25) is 0 Å². The number of carboxylic acids is 1. The number of ether oxygens (including phenoxy) is 2. The number of esters is 2. The second-order valence-corrected chi connectivity index (χ2v) is 6.66. The van der Waals surface area contributed by atoms with Crippen LogP contribution < -0.4 is 4.90 Å². The fourth-order valence-corrected chi connectivity index (χ4v) is 3.27. The van der Waals surface area contributed by atoms with E-state index >= 15 is 0 Å². The maximum Gasteiger partial charge on any atom is 0.355 e. The van der Waals surface area contributed by atoms with Crippen LogP contribution in [-0.2, 0) is 19.1 Å². The number of carbonyl (C=O) groups excluding carboxylic acids is 2. The van der Waals surface area contributed by atoms with Gasteiger partial charge in [-0.1, -0.05) is 6.08 Å². The molecule has 0 radical (unpaired) electrons. The van der Waals surface area contributed by atoms with E-state index in [0.29, 0.717) is 11.4 Å². The zero-order valence-electron chi connectivity index (χ0n) is 17.4. The van der Waals surface area contributed by atoms with Crippen LogP contribution >= 0.6 is 0 Å². The van der Waals surface area contributed by atoms with Gasteiger partial charge in [0, 0.05) is 17.6 Å². The number of aromatic carboxylic acids is 1. The first-order valence-electron chi connectivity index (χ1n) is 9.24. The van der Waals surface area contributed by atoms with Crippen molar-refractivity contribution in [1.29, 1.82) is 0 Å². The molecule has 0 aliphatic carbocycles. The number of carbonyl (C=O) groups is 3. The molecule has 2 aromatic rings. The van der Waals surface area contributed by atoms with Gasteiger partial charge in [0.05, 0.1) is 36.7 Å². The molecule has 0 bridgehead atoms. The summed E-state index contributed by atoms with van der Waals surface area (Å²) in [6.45, 7) is 3.64. The molecule has 0 fully saturated rings. The molecule has 0 unspecified atom stereocenters. The van der Waals surface area contributed by atoms with Crippen molar-refractivity contribution < 1.29 is 29.0 Å². The van der Waals surface area contributed by atoms with Gasteiger partial charge < -0.3 is 19.5 Å². The molecule has 1 aromatic heterocycles. The van der Waals surface area contributed by atoms with Gasteiger partial charge in [-0.3, -0.25) is 0 Å². The maximum absolute atomic E-state index is 12.6. The van der Waals surface area contributed by atoms with Gasteiger partial charge >= 0.3 is 17.9 Å². The van der Waals surface area contributed by atoms with Crippen LogP contribution in [-0.4, -0.2) is 47.0 Å². The molecule has 0 saturated heterocycles. The smallest absolute Gasteiger partial charge is 0.355 e. The summed E-state index contributed by atoms with van der Waals surface area (Å²) in [5.41, 5.74) is 2.07. The molecule has 9 heteroatoms. The predicted octanol–water partition coefficient (Wildman–Crippen LogP) is 2.68. The Morgan fingerprint density at radius 1 is 1.00 bits per heavy atom. The lowest BCUT2D eigenvalue weighted by Crippen LogP contribution is -2.27. The molecule has 1 aliphatic rings. The molecule has 2 heterocycles. The molecule has 0 saturated carbocycles. The third-order valence-electron chi connectivity index (χ3n) is 4.62. The van der Waals surface area contributed by atoms with E-state index in [0.717, 1.165) is 11.4 Å². The Morgan fingerprint density at radius 3 is 2.29 bits per heavy atom. The Hall–Kier alpha value is -4.14. The van der Waals surface area contributed by atoms with Crippen molar-refractivity contribution in [3.05, 3.63) is 76.9 Å². The normalized spacial score (nSPS) is 13.2. The topological polar surface area (TPSA) is 111 Å². The van der Waals surface area contributed by atoms with Gasteiger partial charge in [0.15, 0.2) is 0 Å². The number of hydrogen-bond acceptors (Lipinski definition) is 7. The lowest BCUT2D eigenvalue weighted by Gasteiger charge is -2.24. The van der Waals surface area contributed by atoms with Crippen LogP contribution in [0.1, 0.15) is 21.7 Å². The van der Waals surface area contributed by atoms with Crippen molar-refractivity contribution >= 4 is 23.6 Å². The van der Waals surface area contributed by atoms with Crippen LogP contribution in [0.5, 0.6) is 0 Å². The van der Waals surface area contributed by atoms with Gasteiger partial charge in [-0.05, 0) is 50.3 Å². The van der Waals surface area contributed by atoms with Crippen LogP contribution in [0.15, 0.2) is 60.0 Å². The van der Waals surface area contributed by atoms with Crippen LogP contribution in [0, 0.1) is 13.8 Å². The second-order valence-electron chi connectivity index (χ2n) is 6.66. The van der Waals surface area contributed by atoms with Crippen LogP contribution in [0.4, 0.5) is 5.69 Å². The highest BCUT2D eigenvalue weighted by Gasteiger charge is 2.28. The van der Waals surface area contributed by atoms with E-state index in [1.807, 2.05) is 19.9 Å². The lowest BCUT2D eigenvalue weighted by molar-refractivity contribution is -0.139. The van der Waals surface area contributed by atoms with Gasteiger partial charge in [-0.15, -0.1) is 0 Å². The number of allylic oxidation sites excluding steroid dienone is 2. The highest BCUT2D eigenvalue weighted by Crippen LogP contribution is 2.29. The fourth-order valence-electron chi connectivity index (χ4n) is 3.27. The average molecular weight is 423 g/mol. The molecule has 1 aromatic carbocycles. The molecule has 9 nitrogen and oxygen atoms in total. The maximum atomic E-state index is 12.6. The monoisotopic (exact) mass is 423 g/mol. The van der Waals surface area contributed by atoms with Crippen molar-refractivity contribution in [1.82, 2.24) is 9.78 Å². The molecule has 0 atom stereocenters. The van der Waals surface area contributed by atoms with Crippen molar-refractivity contribution in [2.24, 2.45) is 0 Å². The van der Waals surface area contributed by atoms with Crippen molar-refractivity contribution in [3.8, 4) is 5.69 Å². The van der Waals surface area contributed by atoms with E-state index in [1.54, 1.807) is 29.0 Å². The van der Waals surface area contributed by atoms with Gasteiger partial charge in [0.25, 0.3) is 0 Å². The number of methoxy groups -OCH3 is 2. The van der Waals surface area contributed by atoms with Gasteiger partial charge in [-0.2, -0.15) is 5.10 Å². The van der Waals surface area contributed by atoms with Crippen molar-refractivity contribution in [3.63, 3.8) is 0 Å².